The fourth-order valence-corrected chi connectivity index (χ4v) is 3.56. The number of carbonyl (C=O) groups is 1. The fraction of sp³-hybridized carbons (Fsp3) is 0.650. The summed E-state index contributed by atoms with van der Waals surface area (Å²) in [6.07, 6.45) is 2.77. The molecular weight excluding hydrogens is 398 g/mol. The molecule has 1 aromatic carbocycles. The lowest BCUT2D eigenvalue weighted by Crippen LogP contribution is -2.42. The Morgan fingerprint density at radius 2 is 1.88 bits per heavy atom. The number of halogens is 1. The monoisotopic (exact) mass is 427 g/mol. The Hall–Kier alpha value is -1.27. The summed E-state index contributed by atoms with van der Waals surface area (Å²) in [6.45, 7) is 8.33. The minimum absolute atomic E-state index is 0.202. The van der Waals surface area contributed by atoms with E-state index in [1.807, 2.05) is 31.7 Å². The van der Waals surface area contributed by atoms with Gasteiger partial charge in [0.05, 0.1) is 6.61 Å². The lowest BCUT2D eigenvalue weighted by Gasteiger charge is -2.33. The summed E-state index contributed by atoms with van der Waals surface area (Å²) < 4.78 is 17.2. The van der Waals surface area contributed by atoms with Crippen molar-refractivity contribution in [3.8, 4) is 5.75 Å². The van der Waals surface area contributed by atoms with Crippen LogP contribution >= 0.6 is 15.9 Å². The van der Waals surface area contributed by atoms with Gasteiger partial charge in [-0.2, -0.15) is 0 Å². The molecule has 0 saturated carbocycles. The predicted octanol–water partition coefficient (Wildman–Crippen LogP) is 4.66. The highest BCUT2D eigenvalue weighted by Crippen LogP contribution is 2.27. The molecule has 1 saturated heterocycles. The van der Waals surface area contributed by atoms with Crippen LogP contribution in [0.5, 0.6) is 5.75 Å². The van der Waals surface area contributed by atoms with E-state index in [1.165, 1.54) is 5.56 Å². The molecule has 1 aliphatic rings. The molecule has 6 heteroatoms. The summed E-state index contributed by atoms with van der Waals surface area (Å²) in [5.74, 6) is 1.42. The van der Waals surface area contributed by atoms with Gasteiger partial charge in [-0.1, -0.05) is 15.9 Å². The number of nitrogens with zero attached hydrogens (tertiary/aromatic N) is 1. The first kappa shape index (κ1) is 21.0. The quantitative estimate of drug-likeness (QED) is 0.619. The van der Waals surface area contributed by atoms with E-state index in [2.05, 4.69) is 28.1 Å². The van der Waals surface area contributed by atoms with E-state index in [9.17, 15) is 4.79 Å². The number of ether oxygens (including phenoxy) is 3. The number of likely N-dealkylation sites (tertiary alicyclic amines) is 1. The molecule has 1 heterocycles. The Labute approximate surface area is 165 Å². The van der Waals surface area contributed by atoms with Crippen molar-refractivity contribution in [1.82, 2.24) is 4.90 Å². The number of amides is 1. The molecular formula is C20H30BrNO4. The van der Waals surface area contributed by atoms with Gasteiger partial charge in [-0.05, 0) is 69.7 Å². The maximum absolute atomic E-state index is 12.2. The topological polar surface area (TPSA) is 48.0 Å². The average Bonchev–Trinajstić information content (AvgIpc) is 2.53. The molecule has 1 aliphatic heterocycles. The number of methoxy groups -OCH3 is 1. The zero-order chi connectivity index (χ0) is 19.2. The third-order valence-electron chi connectivity index (χ3n) is 4.28. The van der Waals surface area contributed by atoms with Crippen LogP contribution in [0.4, 0.5) is 4.79 Å². The largest absolute Gasteiger partial charge is 0.491 e. The second kappa shape index (κ2) is 9.60. The highest BCUT2D eigenvalue weighted by Gasteiger charge is 2.27. The zero-order valence-electron chi connectivity index (χ0n) is 16.2. The second-order valence-corrected chi connectivity index (χ2v) is 8.67. The van der Waals surface area contributed by atoms with Crippen LogP contribution in [0, 0.1) is 5.92 Å². The third-order valence-corrected chi connectivity index (χ3v) is 4.74. The van der Waals surface area contributed by atoms with Gasteiger partial charge in [0.2, 0.25) is 0 Å². The van der Waals surface area contributed by atoms with Gasteiger partial charge in [-0.15, -0.1) is 0 Å². The van der Waals surface area contributed by atoms with Gasteiger partial charge >= 0.3 is 6.09 Å². The van der Waals surface area contributed by atoms with Crippen molar-refractivity contribution in [2.75, 3.05) is 33.4 Å². The van der Waals surface area contributed by atoms with Gasteiger partial charge < -0.3 is 19.1 Å². The van der Waals surface area contributed by atoms with E-state index in [4.69, 9.17) is 14.2 Å². The molecule has 0 spiro atoms. The first-order valence-electron chi connectivity index (χ1n) is 9.16. The van der Waals surface area contributed by atoms with Crippen LogP contribution in [0.15, 0.2) is 22.7 Å². The summed E-state index contributed by atoms with van der Waals surface area (Å²) in [6, 6.07) is 6.22. The smallest absolute Gasteiger partial charge is 0.410 e. The van der Waals surface area contributed by atoms with Gasteiger partial charge in [0.15, 0.2) is 0 Å². The minimum atomic E-state index is -0.441. The van der Waals surface area contributed by atoms with Crippen molar-refractivity contribution in [2.24, 2.45) is 5.92 Å². The molecule has 0 N–H and O–H groups in total. The molecule has 26 heavy (non-hydrogen) atoms. The van der Waals surface area contributed by atoms with Crippen LogP contribution in [-0.2, 0) is 15.9 Å². The van der Waals surface area contributed by atoms with Crippen molar-refractivity contribution >= 4 is 22.0 Å². The van der Waals surface area contributed by atoms with E-state index in [1.54, 1.807) is 7.11 Å². The Morgan fingerprint density at radius 3 is 2.50 bits per heavy atom. The van der Waals surface area contributed by atoms with E-state index in [0.29, 0.717) is 19.1 Å². The molecule has 146 valence electrons. The van der Waals surface area contributed by atoms with Gasteiger partial charge in [-0.25, -0.2) is 4.79 Å². The molecule has 5 nitrogen and oxygen atoms in total. The van der Waals surface area contributed by atoms with E-state index >= 15 is 0 Å². The fourth-order valence-electron chi connectivity index (χ4n) is 3.04. The second-order valence-electron chi connectivity index (χ2n) is 7.75. The number of hydrogen-bond acceptors (Lipinski definition) is 4. The minimum Gasteiger partial charge on any atom is -0.491 e. The maximum atomic E-state index is 12.2. The number of carbonyl (C=O) groups excluding carboxylic acids is 1. The average molecular weight is 428 g/mol. The number of hydrogen-bond donors (Lipinski definition) is 0. The molecule has 1 amide bonds. The van der Waals surface area contributed by atoms with Crippen LogP contribution in [0.1, 0.15) is 39.2 Å². The lowest BCUT2D eigenvalue weighted by molar-refractivity contribution is 0.0184. The molecule has 0 bridgehead atoms. The lowest BCUT2D eigenvalue weighted by atomic mass is 9.90. The summed E-state index contributed by atoms with van der Waals surface area (Å²) >= 11 is 3.56. The Bertz CT molecular complexity index is 592. The molecule has 0 radical (unpaired) electrons. The number of piperidine rings is 1. The summed E-state index contributed by atoms with van der Waals surface area (Å²) in [5.41, 5.74) is 0.811. The summed E-state index contributed by atoms with van der Waals surface area (Å²) in [5, 5.41) is 0. The van der Waals surface area contributed by atoms with Crippen LogP contribution in [-0.4, -0.2) is 50.0 Å². The molecule has 2 rings (SSSR count). The first-order chi connectivity index (χ1) is 12.3. The molecule has 1 fully saturated rings. The molecule has 0 aliphatic carbocycles. The molecule has 0 unspecified atom stereocenters. The third kappa shape index (κ3) is 7.16. The van der Waals surface area contributed by atoms with Crippen LogP contribution in [0.3, 0.4) is 0 Å². The highest BCUT2D eigenvalue weighted by molar-refractivity contribution is 9.10. The van der Waals surface area contributed by atoms with Gasteiger partial charge in [0.25, 0.3) is 0 Å². The first-order valence-corrected chi connectivity index (χ1v) is 9.95. The summed E-state index contributed by atoms with van der Waals surface area (Å²) in [4.78, 5) is 14.0. The molecule has 0 atom stereocenters. The van der Waals surface area contributed by atoms with Crippen molar-refractivity contribution in [1.29, 1.82) is 0 Å². The Morgan fingerprint density at radius 1 is 1.19 bits per heavy atom. The van der Waals surface area contributed by atoms with Gasteiger partial charge in [0, 0.05) is 24.7 Å². The van der Waals surface area contributed by atoms with E-state index < -0.39 is 5.60 Å². The predicted molar refractivity (Wildman–Crippen MR) is 106 cm³/mol. The van der Waals surface area contributed by atoms with Crippen LogP contribution in [0.2, 0.25) is 0 Å². The molecule has 0 aromatic heterocycles. The van der Waals surface area contributed by atoms with Crippen molar-refractivity contribution in [2.45, 2.75) is 45.6 Å². The van der Waals surface area contributed by atoms with Gasteiger partial charge in [0.1, 0.15) is 18.0 Å². The number of benzene rings is 1. The standard InChI is InChI=1S/C20H30BrNO4/c1-20(2,3)26-19(23)22-7-5-15(6-8-22)11-16-12-17(21)14-18(13-16)25-10-9-24-4/h12-15H,5-11H2,1-4H3. The summed E-state index contributed by atoms with van der Waals surface area (Å²) in [7, 11) is 1.67. The zero-order valence-corrected chi connectivity index (χ0v) is 17.8. The molecule has 1 aromatic rings. The van der Waals surface area contributed by atoms with Crippen molar-refractivity contribution < 1.29 is 19.0 Å². The normalized spacial score (nSPS) is 15.8. The highest BCUT2D eigenvalue weighted by atomic mass is 79.9. The van der Waals surface area contributed by atoms with Crippen molar-refractivity contribution in [3.05, 3.63) is 28.2 Å². The van der Waals surface area contributed by atoms with Gasteiger partial charge in [-0.3, -0.25) is 0 Å². The Kier molecular flexibility index (Phi) is 7.77. The maximum Gasteiger partial charge on any atom is 0.410 e. The van der Waals surface area contributed by atoms with E-state index in [0.717, 1.165) is 42.6 Å². The van der Waals surface area contributed by atoms with Crippen LogP contribution in [0.25, 0.3) is 0 Å². The van der Waals surface area contributed by atoms with E-state index in [-0.39, 0.29) is 6.09 Å². The SMILES string of the molecule is COCCOc1cc(Br)cc(CC2CCN(C(=O)OC(C)(C)C)CC2)c1. The van der Waals surface area contributed by atoms with Crippen molar-refractivity contribution in [3.63, 3.8) is 0 Å². The number of rotatable bonds is 6. The van der Waals surface area contributed by atoms with Crippen LogP contribution < -0.4 is 4.74 Å². The Balaban J connectivity index is 1.86.